The highest BCUT2D eigenvalue weighted by atomic mass is 16.5. The Bertz CT molecular complexity index is 687. The lowest BCUT2D eigenvalue weighted by atomic mass is 10.2. The maximum atomic E-state index is 12.4. The lowest BCUT2D eigenvalue weighted by Gasteiger charge is -2.12. The van der Waals surface area contributed by atoms with Gasteiger partial charge in [0.25, 0.3) is 5.91 Å². The van der Waals surface area contributed by atoms with E-state index in [4.69, 9.17) is 9.47 Å². The molecule has 23 heavy (non-hydrogen) atoms. The van der Waals surface area contributed by atoms with Gasteiger partial charge in [0, 0.05) is 12.1 Å². The van der Waals surface area contributed by atoms with Crippen LogP contribution in [0.25, 0.3) is 0 Å². The predicted octanol–water partition coefficient (Wildman–Crippen LogP) is 3.17. The van der Waals surface area contributed by atoms with Crippen molar-refractivity contribution in [1.29, 1.82) is 0 Å². The number of nitrogens with zero attached hydrogens (tertiary/aromatic N) is 1. The monoisotopic (exact) mass is 315 g/mol. The normalized spacial score (nSPS) is 10.3. The van der Waals surface area contributed by atoms with Crippen molar-refractivity contribution in [1.82, 2.24) is 4.98 Å². The summed E-state index contributed by atoms with van der Waals surface area (Å²) in [5, 5.41) is 5.97. The quantitative estimate of drug-likeness (QED) is 0.856. The molecule has 0 fully saturated rings. The molecular weight excluding hydrogens is 294 g/mol. The average Bonchev–Trinajstić information content (AvgIpc) is 2.54. The van der Waals surface area contributed by atoms with E-state index in [1.165, 1.54) is 7.11 Å². The largest absolute Gasteiger partial charge is 0.497 e. The summed E-state index contributed by atoms with van der Waals surface area (Å²) in [6.07, 6.45) is 0. The van der Waals surface area contributed by atoms with Crippen molar-refractivity contribution in [3.8, 4) is 11.5 Å². The van der Waals surface area contributed by atoms with E-state index < -0.39 is 0 Å². The Morgan fingerprint density at radius 2 is 1.91 bits per heavy atom. The molecule has 0 aliphatic carbocycles. The third-order valence-corrected chi connectivity index (χ3v) is 3.08. The molecule has 2 aromatic rings. The van der Waals surface area contributed by atoms with Crippen LogP contribution in [0.2, 0.25) is 0 Å². The Hall–Kier alpha value is -2.76. The van der Waals surface area contributed by atoms with Crippen LogP contribution in [0.3, 0.4) is 0 Å². The molecule has 0 saturated carbocycles. The summed E-state index contributed by atoms with van der Waals surface area (Å²) < 4.78 is 10.4. The molecule has 0 atom stereocenters. The number of pyridine rings is 1. The van der Waals surface area contributed by atoms with Crippen molar-refractivity contribution in [3.63, 3.8) is 0 Å². The molecule has 2 rings (SSSR count). The van der Waals surface area contributed by atoms with E-state index in [1.54, 1.807) is 37.4 Å². The van der Waals surface area contributed by atoms with Gasteiger partial charge in [-0.15, -0.1) is 0 Å². The maximum absolute atomic E-state index is 12.4. The summed E-state index contributed by atoms with van der Waals surface area (Å²) in [5.41, 5.74) is 0.885. The second-order valence-corrected chi connectivity index (χ2v) is 5.23. The number of carbonyl (C=O) groups is 1. The molecule has 1 amide bonds. The second-order valence-electron chi connectivity index (χ2n) is 5.23. The topological polar surface area (TPSA) is 72.5 Å². The van der Waals surface area contributed by atoms with Gasteiger partial charge in [0.2, 0.25) is 0 Å². The highest BCUT2D eigenvalue weighted by Crippen LogP contribution is 2.29. The van der Waals surface area contributed by atoms with E-state index in [1.807, 2.05) is 19.9 Å². The van der Waals surface area contributed by atoms with Gasteiger partial charge in [-0.3, -0.25) is 4.79 Å². The number of hydrogen-bond donors (Lipinski definition) is 2. The number of hydrogen-bond acceptors (Lipinski definition) is 5. The third-order valence-electron chi connectivity index (χ3n) is 3.08. The van der Waals surface area contributed by atoms with Gasteiger partial charge in [0.05, 0.1) is 19.9 Å². The summed E-state index contributed by atoms with van der Waals surface area (Å²) in [6, 6.07) is 10.7. The molecule has 122 valence electrons. The number of aromatic nitrogens is 1. The zero-order valence-electron chi connectivity index (χ0n) is 13.7. The van der Waals surface area contributed by atoms with Crippen LogP contribution in [-0.2, 0) is 0 Å². The first-order chi connectivity index (χ1) is 11.0. The minimum atomic E-state index is -0.305. The summed E-state index contributed by atoms with van der Waals surface area (Å²) in [7, 11) is 3.11. The lowest BCUT2D eigenvalue weighted by Crippen LogP contribution is -2.17. The molecule has 0 radical (unpaired) electrons. The van der Waals surface area contributed by atoms with E-state index in [0.717, 1.165) is 0 Å². The van der Waals surface area contributed by atoms with Gasteiger partial charge in [0.15, 0.2) is 0 Å². The van der Waals surface area contributed by atoms with E-state index >= 15 is 0 Å². The van der Waals surface area contributed by atoms with Crippen LogP contribution < -0.4 is 20.1 Å². The van der Waals surface area contributed by atoms with Gasteiger partial charge >= 0.3 is 0 Å². The Morgan fingerprint density at radius 1 is 1.13 bits per heavy atom. The fraction of sp³-hybridized carbons (Fsp3) is 0.294. The van der Waals surface area contributed by atoms with E-state index in [2.05, 4.69) is 15.6 Å². The summed E-state index contributed by atoms with van der Waals surface area (Å²) in [5.74, 6) is 1.53. The van der Waals surface area contributed by atoms with Crippen molar-refractivity contribution in [2.45, 2.75) is 19.9 Å². The van der Waals surface area contributed by atoms with E-state index in [9.17, 15) is 4.79 Å². The molecule has 0 aliphatic heterocycles. The molecule has 6 nitrogen and oxygen atoms in total. The fourth-order valence-electron chi connectivity index (χ4n) is 2.03. The molecular formula is C17H21N3O3. The van der Waals surface area contributed by atoms with Crippen molar-refractivity contribution >= 4 is 17.4 Å². The molecule has 2 N–H and O–H groups in total. The molecule has 0 unspecified atom stereocenters. The van der Waals surface area contributed by atoms with Crippen LogP contribution in [0.4, 0.5) is 11.5 Å². The summed E-state index contributed by atoms with van der Waals surface area (Å²) in [6.45, 7) is 4.02. The van der Waals surface area contributed by atoms with Crippen LogP contribution >= 0.6 is 0 Å². The molecule has 0 aliphatic rings. The number of benzene rings is 1. The van der Waals surface area contributed by atoms with Gasteiger partial charge in [-0.25, -0.2) is 4.98 Å². The zero-order valence-corrected chi connectivity index (χ0v) is 13.7. The Morgan fingerprint density at radius 3 is 2.57 bits per heavy atom. The number of anilines is 2. The van der Waals surface area contributed by atoms with Gasteiger partial charge in [-0.05, 0) is 38.1 Å². The highest BCUT2D eigenvalue weighted by molar-refractivity contribution is 6.03. The van der Waals surface area contributed by atoms with Crippen LogP contribution in [0, 0.1) is 0 Å². The van der Waals surface area contributed by atoms with Crippen molar-refractivity contribution < 1.29 is 14.3 Å². The number of methoxy groups -OCH3 is 2. The molecule has 1 aromatic heterocycles. The number of carbonyl (C=O) groups excluding carboxylic acids is 1. The number of nitrogens with one attached hydrogen (secondary N) is 2. The van der Waals surface area contributed by atoms with Gasteiger partial charge in [-0.1, -0.05) is 6.07 Å². The molecule has 1 aromatic carbocycles. The Labute approximate surface area is 135 Å². The van der Waals surface area contributed by atoms with Crippen molar-refractivity contribution in [2.75, 3.05) is 24.9 Å². The number of rotatable bonds is 6. The number of ether oxygens (including phenoxy) is 2. The minimum Gasteiger partial charge on any atom is -0.497 e. The summed E-state index contributed by atoms with van der Waals surface area (Å²) in [4.78, 5) is 16.7. The fourth-order valence-corrected chi connectivity index (χ4v) is 2.03. The van der Waals surface area contributed by atoms with Crippen molar-refractivity contribution in [2.24, 2.45) is 0 Å². The SMILES string of the molecule is COc1ccc(NC(=O)c2cccc(NC(C)C)n2)c(OC)c1. The summed E-state index contributed by atoms with van der Waals surface area (Å²) >= 11 is 0. The van der Waals surface area contributed by atoms with Crippen molar-refractivity contribution in [3.05, 3.63) is 42.1 Å². The third kappa shape index (κ3) is 4.35. The first-order valence-corrected chi connectivity index (χ1v) is 7.30. The molecule has 0 spiro atoms. The van der Waals surface area contributed by atoms with E-state index in [0.29, 0.717) is 28.7 Å². The molecule has 6 heteroatoms. The minimum absolute atomic E-state index is 0.238. The zero-order chi connectivity index (χ0) is 16.8. The molecule has 1 heterocycles. The van der Waals surface area contributed by atoms with Crippen LogP contribution in [0.15, 0.2) is 36.4 Å². The van der Waals surface area contributed by atoms with Crippen LogP contribution in [-0.4, -0.2) is 31.2 Å². The molecule has 0 saturated heterocycles. The van der Waals surface area contributed by atoms with Gasteiger partial charge in [-0.2, -0.15) is 0 Å². The Balaban J connectivity index is 2.19. The maximum Gasteiger partial charge on any atom is 0.274 e. The smallest absolute Gasteiger partial charge is 0.274 e. The average molecular weight is 315 g/mol. The lowest BCUT2D eigenvalue weighted by molar-refractivity contribution is 0.102. The second kappa shape index (κ2) is 7.49. The van der Waals surface area contributed by atoms with Crippen LogP contribution in [0.5, 0.6) is 11.5 Å². The number of amides is 1. The molecule has 0 bridgehead atoms. The first-order valence-electron chi connectivity index (χ1n) is 7.30. The van der Waals surface area contributed by atoms with Gasteiger partial charge in [0.1, 0.15) is 23.0 Å². The predicted molar refractivity (Wildman–Crippen MR) is 90.5 cm³/mol. The standard InChI is InChI=1S/C17H21N3O3/c1-11(2)18-16-7-5-6-14(19-16)17(21)20-13-9-8-12(22-3)10-15(13)23-4/h5-11H,1-4H3,(H,18,19)(H,20,21). The first kappa shape index (κ1) is 16.6. The highest BCUT2D eigenvalue weighted by Gasteiger charge is 2.12. The van der Waals surface area contributed by atoms with E-state index in [-0.39, 0.29) is 11.9 Å². The van der Waals surface area contributed by atoms with Crippen LogP contribution in [0.1, 0.15) is 24.3 Å². The Kier molecular flexibility index (Phi) is 5.41. The van der Waals surface area contributed by atoms with Gasteiger partial charge < -0.3 is 20.1 Å².